The second-order valence-electron chi connectivity index (χ2n) is 3.79. The SMILES string of the molecule is O=C1CC(Br)CN1Cc1cccc(F)c1Cl. The Hall–Kier alpha value is -0.610. The van der Waals surface area contributed by atoms with Crippen LogP contribution >= 0.6 is 27.5 Å². The lowest BCUT2D eigenvalue weighted by molar-refractivity contribution is -0.128. The second kappa shape index (κ2) is 4.72. The highest BCUT2D eigenvalue weighted by atomic mass is 79.9. The summed E-state index contributed by atoms with van der Waals surface area (Å²) in [6.07, 6.45) is 0.493. The van der Waals surface area contributed by atoms with Crippen molar-refractivity contribution in [2.75, 3.05) is 6.54 Å². The van der Waals surface area contributed by atoms with Gasteiger partial charge in [0, 0.05) is 24.3 Å². The Kier molecular flexibility index (Phi) is 3.50. The third-order valence-corrected chi connectivity index (χ3v) is 3.60. The van der Waals surface area contributed by atoms with Gasteiger partial charge >= 0.3 is 0 Å². The first-order valence-electron chi connectivity index (χ1n) is 4.92. The second-order valence-corrected chi connectivity index (χ2v) is 5.46. The third kappa shape index (κ3) is 2.38. The fourth-order valence-electron chi connectivity index (χ4n) is 1.75. The summed E-state index contributed by atoms with van der Waals surface area (Å²) in [4.78, 5) is 13.4. The molecule has 5 heteroatoms. The lowest BCUT2D eigenvalue weighted by Crippen LogP contribution is -2.24. The van der Waals surface area contributed by atoms with E-state index >= 15 is 0 Å². The zero-order valence-electron chi connectivity index (χ0n) is 8.42. The van der Waals surface area contributed by atoms with Gasteiger partial charge in [-0.2, -0.15) is 0 Å². The lowest BCUT2D eigenvalue weighted by atomic mass is 10.2. The number of alkyl halides is 1. The van der Waals surface area contributed by atoms with E-state index in [0.717, 1.165) is 0 Å². The van der Waals surface area contributed by atoms with Crippen molar-refractivity contribution in [3.63, 3.8) is 0 Å². The first-order chi connectivity index (χ1) is 7.58. The fourth-order valence-corrected chi connectivity index (χ4v) is 2.57. The van der Waals surface area contributed by atoms with Crippen LogP contribution < -0.4 is 0 Å². The highest BCUT2D eigenvalue weighted by Crippen LogP contribution is 2.25. The van der Waals surface area contributed by atoms with Crippen molar-refractivity contribution in [2.24, 2.45) is 0 Å². The summed E-state index contributed by atoms with van der Waals surface area (Å²) in [6.45, 7) is 1.02. The Labute approximate surface area is 107 Å². The van der Waals surface area contributed by atoms with Crippen molar-refractivity contribution < 1.29 is 9.18 Å². The summed E-state index contributed by atoms with van der Waals surface area (Å²) in [5.41, 5.74) is 0.650. The summed E-state index contributed by atoms with van der Waals surface area (Å²) in [7, 11) is 0. The first-order valence-corrected chi connectivity index (χ1v) is 6.22. The predicted molar refractivity (Wildman–Crippen MR) is 64.2 cm³/mol. The molecule has 1 heterocycles. The molecule has 16 heavy (non-hydrogen) atoms. The molecule has 0 spiro atoms. The molecular weight excluding hydrogens is 296 g/mol. The van der Waals surface area contributed by atoms with Crippen molar-refractivity contribution in [2.45, 2.75) is 17.8 Å². The van der Waals surface area contributed by atoms with E-state index in [-0.39, 0.29) is 15.8 Å². The molecular formula is C11H10BrClFNO. The smallest absolute Gasteiger partial charge is 0.224 e. The van der Waals surface area contributed by atoms with Gasteiger partial charge in [-0.1, -0.05) is 39.7 Å². The highest BCUT2D eigenvalue weighted by molar-refractivity contribution is 9.09. The molecule has 1 amide bonds. The number of rotatable bonds is 2. The molecule has 1 atom stereocenters. The van der Waals surface area contributed by atoms with E-state index in [1.807, 2.05) is 0 Å². The van der Waals surface area contributed by atoms with Gasteiger partial charge in [-0.25, -0.2) is 4.39 Å². The van der Waals surface area contributed by atoms with Gasteiger partial charge in [-0.3, -0.25) is 4.79 Å². The Morgan fingerprint density at radius 2 is 2.31 bits per heavy atom. The van der Waals surface area contributed by atoms with Gasteiger partial charge in [0.25, 0.3) is 0 Å². The van der Waals surface area contributed by atoms with Gasteiger partial charge in [-0.15, -0.1) is 0 Å². The Balaban J connectivity index is 2.15. The Morgan fingerprint density at radius 1 is 1.56 bits per heavy atom. The minimum absolute atomic E-state index is 0.0715. The molecule has 0 N–H and O–H groups in total. The average Bonchev–Trinajstić information content (AvgIpc) is 2.53. The van der Waals surface area contributed by atoms with E-state index in [9.17, 15) is 9.18 Å². The quantitative estimate of drug-likeness (QED) is 0.769. The van der Waals surface area contributed by atoms with Crippen LogP contribution in [0.2, 0.25) is 5.02 Å². The summed E-state index contributed by atoms with van der Waals surface area (Å²) < 4.78 is 13.2. The largest absolute Gasteiger partial charge is 0.337 e. The molecule has 1 fully saturated rings. The van der Waals surface area contributed by atoms with Gasteiger partial charge < -0.3 is 4.90 Å². The molecule has 1 aliphatic heterocycles. The number of amides is 1. The molecule has 1 aliphatic rings. The summed E-state index contributed by atoms with van der Waals surface area (Å²) in [6, 6.07) is 4.65. The van der Waals surface area contributed by atoms with Crippen molar-refractivity contribution in [3.05, 3.63) is 34.6 Å². The van der Waals surface area contributed by atoms with Crippen LogP contribution in [0, 0.1) is 5.82 Å². The maximum absolute atomic E-state index is 13.2. The van der Waals surface area contributed by atoms with E-state index in [2.05, 4.69) is 15.9 Å². The van der Waals surface area contributed by atoms with Crippen LogP contribution in [0.5, 0.6) is 0 Å². The molecule has 1 saturated heterocycles. The number of hydrogen-bond donors (Lipinski definition) is 0. The maximum Gasteiger partial charge on any atom is 0.224 e. The summed E-state index contributed by atoms with van der Waals surface area (Å²) in [5.74, 6) is -0.372. The number of carbonyl (C=O) groups excluding carboxylic acids is 1. The van der Waals surface area contributed by atoms with E-state index in [0.29, 0.717) is 25.1 Å². The minimum atomic E-state index is -0.443. The zero-order chi connectivity index (χ0) is 11.7. The van der Waals surface area contributed by atoms with E-state index < -0.39 is 5.82 Å². The molecule has 0 bridgehead atoms. The Morgan fingerprint density at radius 3 is 2.94 bits per heavy atom. The van der Waals surface area contributed by atoms with Crippen LogP contribution in [-0.4, -0.2) is 22.2 Å². The van der Waals surface area contributed by atoms with Gasteiger partial charge in [-0.05, 0) is 11.6 Å². The van der Waals surface area contributed by atoms with Crippen LogP contribution in [0.1, 0.15) is 12.0 Å². The van der Waals surface area contributed by atoms with Crippen molar-refractivity contribution in [1.82, 2.24) is 4.90 Å². The van der Waals surface area contributed by atoms with Crippen LogP contribution in [0.3, 0.4) is 0 Å². The van der Waals surface area contributed by atoms with Crippen LogP contribution in [0.4, 0.5) is 4.39 Å². The van der Waals surface area contributed by atoms with Crippen LogP contribution in [0.15, 0.2) is 18.2 Å². The van der Waals surface area contributed by atoms with Gasteiger partial charge in [0.2, 0.25) is 5.91 Å². The lowest BCUT2D eigenvalue weighted by Gasteiger charge is -2.16. The molecule has 0 saturated carbocycles. The van der Waals surface area contributed by atoms with Crippen molar-refractivity contribution in [3.8, 4) is 0 Å². The topological polar surface area (TPSA) is 20.3 Å². The average molecular weight is 307 g/mol. The van der Waals surface area contributed by atoms with E-state index in [4.69, 9.17) is 11.6 Å². The monoisotopic (exact) mass is 305 g/mol. The van der Waals surface area contributed by atoms with Gasteiger partial charge in [0.15, 0.2) is 0 Å². The third-order valence-electron chi connectivity index (χ3n) is 2.56. The molecule has 0 aliphatic carbocycles. The van der Waals surface area contributed by atoms with Crippen LogP contribution in [-0.2, 0) is 11.3 Å². The van der Waals surface area contributed by atoms with Crippen LogP contribution in [0.25, 0.3) is 0 Å². The minimum Gasteiger partial charge on any atom is -0.337 e. The van der Waals surface area contributed by atoms with Gasteiger partial charge in [0.05, 0.1) is 5.02 Å². The molecule has 2 nitrogen and oxygen atoms in total. The predicted octanol–water partition coefficient (Wildman–Crippen LogP) is 2.97. The number of hydrogen-bond acceptors (Lipinski definition) is 1. The highest BCUT2D eigenvalue weighted by Gasteiger charge is 2.28. The van der Waals surface area contributed by atoms with Gasteiger partial charge in [0.1, 0.15) is 5.82 Å². The molecule has 1 aromatic carbocycles. The normalized spacial score (nSPS) is 20.6. The molecule has 0 radical (unpaired) electrons. The zero-order valence-corrected chi connectivity index (χ0v) is 10.8. The number of nitrogens with zero attached hydrogens (tertiary/aromatic N) is 1. The number of benzene rings is 1. The first kappa shape index (κ1) is 11.9. The summed E-state index contributed by atoms with van der Waals surface area (Å²) >= 11 is 9.23. The molecule has 1 unspecified atom stereocenters. The van der Waals surface area contributed by atoms with E-state index in [1.165, 1.54) is 6.07 Å². The summed E-state index contributed by atoms with van der Waals surface area (Å²) in [5, 5.41) is 0.105. The fraction of sp³-hybridized carbons (Fsp3) is 0.364. The standard InChI is InChI=1S/C11H10BrClFNO/c12-8-4-10(16)15(6-8)5-7-2-1-3-9(14)11(7)13/h1-3,8H,4-6H2. The van der Waals surface area contributed by atoms with Crippen molar-refractivity contribution >= 4 is 33.4 Å². The van der Waals surface area contributed by atoms with Crippen molar-refractivity contribution in [1.29, 1.82) is 0 Å². The van der Waals surface area contributed by atoms with E-state index in [1.54, 1.807) is 17.0 Å². The maximum atomic E-state index is 13.2. The molecule has 2 rings (SSSR count). The number of likely N-dealkylation sites (tertiary alicyclic amines) is 1. The Bertz CT molecular complexity index is 426. The molecule has 1 aromatic rings. The molecule has 86 valence electrons. The number of halogens is 3. The molecule has 0 aromatic heterocycles. The number of carbonyl (C=O) groups is 1.